The Morgan fingerprint density at radius 2 is 2.40 bits per heavy atom. The maximum absolute atomic E-state index is 10.6. The average Bonchev–Trinajstić information content (AvgIpc) is 2.61. The Kier molecular flexibility index (Phi) is 6.50. The molecule has 15 heavy (non-hydrogen) atoms. The van der Waals surface area contributed by atoms with Crippen molar-refractivity contribution in [1.29, 1.82) is 0 Å². The first-order chi connectivity index (χ1) is 6.69. The zero-order valence-electron chi connectivity index (χ0n) is 8.60. The summed E-state index contributed by atoms with van der Waals surface area (Å²) in [6, 6.07) is 0. The number of nitrogens with zero attached hydrogens (tertiary/aromatic N) is 2. The maximum atomic E-state index is 10.6. The van der Waals surface area contributed by atoms with Crippen molar-refractivity contribution in [1.82, 2.24) is 4.98 Å². The summed E-state index contributed by atoms with van der Waals surface area (Å²) in [5.41, 5.74) is -0.0912. The van der Waals surface area contributed by atoms with E-state index in [9.17, 15) is 9.90 Å². The third-order valence-corrected chi connectivity index (χ3v) is 2.20. The van der Waals surface area contributed by atoms with Crippen molar-refractivity contribution in [2.75, 3.05) is 19.5 Å². The van der Waals surface area contributed by atoms with Crippen LogP contribution in [0.5, 0.6) is 0 Å². The largest absolute Gasteiger partial charge is 1.00 e. The van der Waals surface area contributed by atoms with Crippen LogP contribution in [0.3, 0.4) is 0 Å². The van der Waals surface area contributed by atoms with Gasteiger partial charge < -0.3 is 20.1 Å². The van der Waals surface area contributed by atoms with E-state index in [4.69, 9.17) is 0 Å². The second-order valence-corrected chi connectivity index (χ2v) is 3.06. The normalized spacial score (nSPS) is 10.4. The first-order valence-electron chi connectivity index (χ1n) is 3.65. The fraction of sp³-hybridized carbons (Fsp3) is 0.286. The molecule has 8 heteroatoms. The standard InChI is InChI=1S/C7H9N3O3S.Na/c1-8-7-9-4(3-14-7)5(6(11)12)10-13-2;/h3H,1-2H3,(H,8,9)(H,11,12);/q;+1/p-1/b10-5-;. The molecule has 0 fully saturated rings. The molecule has 0 aliphatic heterocycles. The van der Waals surface area contributed by atoms with E-state index in [1.54, 1.807) is 12.4 Å². The molecule has 6 nitrogen and oxygen atoms in total. The number of carbonyl (C=O) groups is 1. The zero-order chi connectivity index (χ0) is 10.6. The molecule has 0 radical (unpaired) electrons. The number of hydrogen-bond donors (Lipinski definition) is 1. The van der Waals surface area contributed by atoms with Gasteiger partial charge in [0.25, 0.3) is 0 Å². The van der Waals surface area contributed by atoms with Gasteiger partial charge in [-0.25, -0.2) is 4.98 Å². The van der Waals surface area contributed by atoms with Crippen LogP contribution in [-0.2, 0) is 9.63 Å². The van der Waals surface area contributed by atoms with Crippen molar-refractivity contribution in [3.05, 3.63) is 11.1 Å². The summed E-state index contributed by atoms with van der Waals surface area (Å²) < 4.78 is 0. The quantitative estimate of drug-likeness (QED) is 0.331. The molecule has 0 saturated carbocycles. The third-order valence-electron chi connectivity index (χ3n) is 1.34. The Labute approximate surface area is 113 Å². The van der Waals surface area contributed by atoms with Crippen LogP contribution < -0.4 is 40.0 Å². The molecule has 0 aliphatic carbocycles. The summed E-state index contributed by atoms with van der Waals surface area (Å²) >= 11 is 1.27. The molecule has 0 unspecified atom stereocenters. The molecule has 1 heterocycles. The molecule has 1 aromatic heterocycles. The third kappa shape index (κ3) is 3.78. The maximum Gasteiger partial charge on any atom is 1.00 e. The Morgan fingerprint density at radius 1 is 1.73 bits per heavy atom. The van der Waals surface area contributed by atoms with Crippen LogP contribution in [0.4, 0.5) is 5.13 Å². The average molecular weight is 237 g/mol. The number of thiazole rings is 1. The molecule has 0 atom stereocenters. The molecule has 0 aromatic carbocycles. The van der Waals surface area contributed by atoms with Crippen molar-refractivity contribution in [3.8, 4) is 0 Å². The number of rotatable bonds is 4. The van der Waals surface area contributed by atoms with Gasteiger partial charge in [-0.2, -0.15) is 0 Å². The SMILES string of the molecule is CNc1nc(/C(=N/OC)C(=O)[O-])cs1.[Na+]. The molecule has 0 amide bonds. The van der Waals surface area contributed by atoms with Gasteiger partial charge >= 0.3 is 29.6 Å². The van der Waals surface area contributed by atoms with Crippen LogP contribution in [0, 0.1) is 0 Å². The number of carboxylic acids is 1. The van der Waals surface area contributed by atoms with Crippen molar-refractivity contribution in [2.45, 2.75) is 0 Å². The molecule has 0 aliphatic rings. The molecular formula is C7H8N3NaO3S. The zero-order valence-corrected chi connectivity index (χ0v) is 11.4. The molecular weight excluding hydrogens is 229 g/mol. The Hall–Kier alpha value is -0.630. The monoisotopic (exact) mass is 237 g/mol. The summed E-state index contributed by atoms with van der Waals surface area (Å²) in [5, 5.41) is 18.9. The number of aliphatic carboxylic acids is 1. The van der Waals surface area contributed by atoms with Gasteiger partial charge in [0, 0.05) is 12.4 Å². The minimum atomic E-state index is -1.42. The number of nitrogens with one attached hydrogen (secondary N) is 1. The van der Waals surface area contributed by atoms with Gasteiger partial charge in [0.15, 0.2) is 10.8 Å². The Balaban J connectivity index is 0.00000196. The van der Waals surface area contributed by atoms with Crippen molar-refractivity contribution >= 4 is 28.1 Å². The smallest absolute Gasteiger partial charge is 0.543 e. The van der Waals surface area contributed by atoms with Gasteiger partial charge in [-0.15, -0.1) is 11.3 Å². The van der Waals surface area contributed by atoms with Gasteiger partial charge in [-0.1, -0.05) is 5.16 Å². The van der Waals surface area contributed by atoms with Gasteiger partial charge in [0.05, 0.1) is 5.97 Å². The van der Waals surface area contributed by atoms with Crippen LogP contribution in [0.1, 0.15) is 5.69 Å². The molecule has 0 saturated heterocycles. The van der Waals surface area contributed by atoms with Gasteiger partial charge in [0.1, 0.15) is 12.8 Å². The second kappa shape index (κ2) is 6.78. The van der Waals surface area contributed by atoms with Gasteiger partial charge in [-0.3, -0.25) is 0 Å². The van der Waals surface area contributed by atoms with Crippen LogP contribution in [0.15, 0.2) is 10.5 Å². The first-order valence-corrected chi connectivity index (χ1v) is 4.53. The topological polar surface area (TPSA) is 86.6 Å². The molecule has 0 spiro atoms. The predicted molar refractivity (Wildman–Crippen MR) is 50.2 cm³/mol. The van der Waals surface area contributed by atoms with Crippen LogP contribution in [-0.4, -0.2) is 30.8 Å². The minimum Gasteiger partial charge on any atom is -0.543 e. The number of oxime groups is 1. The van der Waals surface area contributed by atoms with Crippen LogP contribution in [0.25, 0.3) is 0 Å². The van der Waals surface area contributed by atoms with Crippen molar-refractivity contribution in [2.24, 2.45) is 5.16 Å². The van der Waals surface area contributed by atoms with Gasteiger partial charge in [0.2, 0.25) is 0 Å². The van der Waals surface area contributed by atoms with Crippen LogP contribution in [0.2, 0.25) is 0 Å². The van der Waals surface area contributed by atoms with Crippen molar-refractivity contribution < 1.29 is 44.3 Å². The first kappa shape index (κ1) is 14.4. The summed E-state index contributed by atoms with van der Waals surface area (Å²) in [6.45, 7) is 0. The summed E-state index contributed by atoms with van der Waals surface area (Å²) in [5.74, 6) is -1.42. The fourth-order valence-corrected chi connectivity index (χ4v) is 1.43. The van der Waals surface area contributed by atoms with E-state index in [2.05, 4.69) is 20.3 Å². The van der Waals surface area contributed by atoms with E-state index >= 15 is 0 Å². The summed E-state index contributed by atoms with van der Waals surface area (Å²) in [6.07, 6.45) is 0. The van der Waals surface area contributed by atoms with E-state index in [0.29, 0.717) is 5.13 Å². The Bertz CT molecular complexity index is 366. The van der Waals surface area contributed by atoms with E-state index in [-0.39, 0.29) is 41.0 Å². The second-order valence-electron chi connectivity index (χ2n) is 2.20. The number of carboxylic acid groups (broad SMARTS) is 1. The summed E-state index contributed by atoms with van der Waals surface area (Å²) in [4.78, 5) is 18.9. The molecule has 76 valence electrons. The van der Waals surface area contributed by atoms with Gasteiger partial charge in [-0.05, 0) is 0 Å². The molecule has 1 rings (SSSR count). The van der Waals surface area contributed by atoms with Crippen molar-refractivity contribution in [3.63, 3.8) is 0 Å². The molecule has 1 aromatic rings. The Morgan fingerprint density at radius 3 is 2.80 bits per heavy atom. The number of carbonyl (C=O) groups excluding carboxylic acids is 1. The predicted octanol–water partition coefficient (Wildman–Crippen LogP) is -3.71. The molecule has 1 N–H and O–H groups in total. The van der Waals surface area contributed by atoms with E-state index in [0.717, 1.165) is 0 Å². The number of hydrogen-bond acceptors (Lipinski definition) is 7. The fourth-order valence-electron chi connectivity index (χ4n) is 0.777. The van der Waals surface area contributed by atoms with Crippen LogP contribution >= 0.6 is 11.3 Å². The molecule has 0 bridgehead atoms. The summed E-state index contributed by atoms with van der Waals surface area (Å²) in [7, 11) is 2.95. The minimum absolute atomic E-state index is 0. The van der Waals surface area contributed by atoms with E-state index in [1.165, 1.54) is 18.4 Å². The number of anilines is 1. The van der Waals surface area contributed by atoms with E-state index < -0.39 is 5.97 Å². The van der Waals surface area contributed by atoms with E-state index in [1.807, 2.05) is 0 Å². The number of aromatic nitrogens is 1.